The van der Waals surface area contributed by atoms with Gasteiger partial charge < -0.3 is 9.88 Å². The smallest absolute Gasteiger partial charge is 0.0951 e. The van der Waals surface area contributed by atoms with Gasteiger partial charge in [-0.25, -0.2) is 9.97 Å². The van der Waals surface area contributed by atoms with Gasteiger partial charge in [-0.15, -0.1) is 11.3 Å². The molecule has 0 bridgehead atoms. The van der Waals surface area contributed by atoms with E-state index in [1.54, 1.807) is 11.3 Å². The summed E-state index contributed by atoms with van der Waals surface area (Å²) >= 11 is 1.73. The highest BCUT2D eigenvalue weighted by molar-refractivity contribution is 7.09. The highest BCUT2D eigenvalue weighted by Crippen LogP contribution is 2.24. The van der Waals surface area contributed by atoms with E-state index in [0.717, 1.165) is 25.3 Å². The van der Waals surface area contributed by atoms with E-state index >= 15 is 0 Å². The van der Waals surface area contributed by atoms with Crippen LogP contribution in [-0.2, 0) is 6.54 Å². The van der Waals surface area contributed by atoms with E-state index in [9.17, 15) is 0 Å². The molecule has 3 rings (SSSR count). The van der Waals surface area contributed by atoms with Crippen molar-refractivity contribution >= 4 is 11.3 Å². The molecule has 1 fully saturated rings. The van der Waals surface area contributed by atoms with Crippen LogP contribution < -0.4 is 5.32 Å². The Hall–Kier alpha value is -1.20. The Kier molecular flexibility index (Phi) is 3.43. The quantitative estimate of drug-likeness (QED) is 0.922. The van der Waals surface area contributed by atoms with Gasteiger partial charge in [-0.1, -0.05) is 0 Å². The summed E-state index contributed by atoms with van der Waals surface area (Å²) < 4.78 is 2.28. The van der Waals surface area contributed by atoms with Gasteiger partial charge in [-0.3, -0.25) is 0 Å². The summed E-state index contributed by atoms with van der Waals surface area (Å²) in [6.45, 7) is 5.21. The van der Waals surface area contributed by atoms with Crippen LogP contribution in [-0.4, -0.2) is 27.6 Å². The van der Waals surface area contributed by atoms with Crippen molar-refractivity contribution < 1.29 is 0 Å². The Morgan fingerprint density at radius 2 is 2.50 bits per heavy atom. The van der Waals surface area contributed by atoms with Crippen LogP contribution in [0.4, 0.5) is 0 Å². The Morgan fingerprint density at radius 1 is 1.56 bits per heavy atom. The molecular formula is C13H18N4S. The number of piperidine rings is 1. The van der Waals surface area contributed by atoms with Crippen molar-refractivity contribution in [2.24, 2.45) is 0 Å². The van der Waals surface area contributed by atoms with Crippen LogP contribution in [0.1, 0.15) is 35.0 Å². The lowest BCUT2D eigenvalue weighted by molar-refractivity contribution is 0.444. The van der Waals surface area contributed by atoms with Crippen molar-refractivity contribution in [3.8, 4) is 0 Å². The van der Waals surface area contributed by atoms with Crippen LogP contribution in [0.25, 0.3) is 0 Å². The zero-order chi connectivity index (χ0) is 12.4. The third kappa shape index (κ3) is 2.33. The van der Waals surface area contributed by atoms with E-state index in [1.807, 2.05) is 18.0 Å². The molecule has 96 valence electrons. The highest BCUT2D eigenvalue weighted by atomic mass is 32.1. The monoisotopic (exact) mass is 262 g/mol. The molecule has 1 N–H and O–H groups in total. The summed E-state index contributed by atoms with van der Waals surface area (Å²) in [4.78, 5) is 9.97. The largest absolute Gasteiger partial charge is 0.329 e. The number of aryl methyl sites for hydroxylation is 1. The van der Waals surface area contributed by atoms with Crippen LogP contribution >= 0.6 is 11.3 Å². The normalized spacial score (nSPS) is 20.2. The second-order valence-corrected chi connectivity index (χ2v) is 5.79. The van der Waals surface area contributed by atoms with Crippen molar-refractivity contribution in [2.75, 3.05) is 13.1 Å². The Balaban J connectivity index is 1.80. The third-order valence-electron chi connectivity index (χ3n) is 3.62. The lowest BCUT2D eigenvalue weighted by Crippen LogP contribution is -2.29. The van der Waals surface area contributed by atoms with Gasteiger partial charge in [0.1, 0.15) is 0 Å². The van der Waals surface area contributed by atoms with Gasteiger partial charge in [0.25, 0.3) is 0 Å². The van der Waals surface area contributed by atoms with Crippen LogP contribution in [0.2, 0.25) is 0 Å². The summed E-state index contributed by atoms with van der Waals surface area (Å²) in [6, 6.07) is 0. The molecule has 3 heterocycles. The first-order valence-electron chi connectivity index (χ1n) is 6.44. The second kappa shape index (κ2) is 5.20. The van der Waals surface area contributed by atoms with Crippen molar-refractivity contribution in [1.82, 2.24) is 19.9 Å². The summed E-state index contributed by atoms with van der Waals surface area (Å²) in [6.07, 6.45) is 6.49. The van der Waals surface area contributed by atoms with Gasteiger partial charge in [0.15, 0.2) is 0 Å². The maximum absolute atomic E-state index is 4.33. The summed E-state index contributed by atoms with van der Waals surface area (Å²) in [7, 11) is 0. The minimum Gasteiger partial charge on any atom is -0.329 e. The standard InChI is InChI=1S/C13H18N4S/c1-10-13(18-9-16-10)7-17-8-15-6-12(17)11-3-2-4-14-5-11/h6,8-9,11,14H,2-5,7H2,1H3. The minimum atomic E-state index is 0.606. The molecule has 1 atom stereocenters. The third-order valence-corrected chi connectivity index (χ3v) is 4.54. The molecule has 1 aliphatic rings. The summed E-state index contributed by atoms with van der Waals surface area (Å²) in [5.74, 6) is 0.606. The van der Waals surface area contributed by atoms with Gasteiger partial charge >= 0.3 is 0 Å². The first-order chi connectivity index (χ1) is 8.84. The number of thiazole rings is 1. The minimum absolute atomic E-state index is 0.606. The molecule has 0 aromatic carbocycles. The topological polar surface area (TPSA) is 42.7 Å². The van der Waals surface area contributed by atoms with Crippen LogP contribution in [0.3, 0.4) is 0 Å². The van der Waals surface area contributed by atoms with Crippen molar-refractivity contribution in [3.63, 3.8) is 0 Å². The molecule has 4 nitrogen and oxygen atoms in total. The summed E-state index contributed by atoms with van der Waals surface area (Å²) in [5, 5.41) is 3.47. The maximum atomic E-state index is 4.33. The predicted octanol–water partition coefficient (Wildman–Crippen LogP) is 2.16. The number of nitrogens with zero attached hydrogens (tertiary/aromatic N) is 3. The van der Waals surface area contributed by atoms with Crippen molar-refractivity contribution in [3.05, 3.63) is 34.3 Å². The molecule has 0 radical (unpaired) electrons. The SMILES string of the molecule is Cc1ncsc1Cn1cncc1C1CCCNC1. The van der Waals surface area contributed by atoms with E-state index in [1.165, 1.54) is 23.4 Å². The zero-order valence-corrected chi connectivity index (χ0v) is 11.4. The number of hydrogen-bond acceptors (Lipinski definition) is 4. The van der Waals surface area contributed by atoms with E-state index in [-0.39, 0.29) is 0 Å². The van der Waals surface area contributed by atoms with Crippen molar-refractivity contribution in [1.29, 1.82) is 0 Å². The first-order valence-corrected chi connectivity index (χ1v) is 7.32. The number of aromatic nitrogens is 3. The van der Waals surface area contributed by atoms with E-state index in [2.05, 4.69) is 26.8 Å². The predicted molar refractivity (Wildman–Crippen MR) is 73.0 cm³/mol. The van der Waals surface area contributed by atoms with Crippen LogP contribution in [0, 0.1) is 6.92 Å². The molecular weight excluding hydrogens is 244 g/mol. The lowest BCUT2D eigenvalue weighted by atomic mass is 9.96. The van der Waals surface area contributed by atoms with E-state index in [0.29, 0.717) is 5.92 Å². The lowest BCUT2D eigenvalue weighted by Gasteiger charge is -2.23. The van der Waals surface area contributed by atoms with Gasteiger partial charge in [0.05, 0.1) is 24.1 Å². The average Bonchev–Trinajstić information content (AvgIpc) is 3.01. The second-order valence-electron chi connectivity index (χ2n) is 4.85. The molecule has 1 saturated heterocycles. The fraction of sp³-hybridized carbons (Fsp3) is 0.538. The van der Waals surface area contributed by atoms with Crippen LogP contribution in [0.5, 0.6) is 0 Å². The molecule has 0 spiro atoms. The molecule has 2 aromatic rings. The van der Waals surface area contributed by atoms with E-state index < -0.39 is 0 Å². The number of nitrogens with one attached hydrogen (secondary N) is 1. The molecule has 0 saturated carbocycles. The van der Waals surface area contributed by atoms with Gasteiger partial charge in [-0.05, 0) is 26.3 Å². The Bertz CT molecular complexity index is 511. The Labute approximate surface area is 111 Å². The molecule has 0 aliphatic carbocycles. The molecule has 2 aromatic heterocycles. The average molecular weight is 262 g/mol. The fourth-order valence-electron chi connectivity index (χ4n) is 2.54. The molecule has 0 amide bonds. The molecule has 5 heteroatoms. The highest BCUT2D eigenvalue weighted by Gasteiger charge is 2.19. The van der Waals surface area contributed by atoms with Crippen LogP contribution in [0.15, 0.2) is 18.0 Å². The molecule has 1 aliphatic heterocycles. The number of imidazole rings is 1. The zero-order valence-electron chi connectivity index (χ0n) is 10.6. The van der Waals surface area contributed by atoms with Gasteiger partial charge in [-0.2, -0.15) is 0 Å². The number of hydrogen-bond donors (Lipinski definition) is 1. The van der Waals surface area contributed by atoms with E-state index in [4.69, 9.17) is 0 Å². The first kappa shape index (κ1) is 11.9. The maximum Gasteiger partial charge on any atom is 0.0951 e. The number of rotatable bonds is 3. The Morgan fingerprint density at radius 3 is 3.22 bits per heavy atom. The van der Waals surface area contributed by atoms with Crippen molar-refractivity contribution in [2.45, 2.75) is 32.2 Å². The molecule has 1 unspecified atom stereocenters. The van der Waals surface area contributed by atoms with Gasteiger partial charge in [0, 0.05) is 29.2 Å². The van der Waals surface area contributed by atoms with Gasteiger partial charge in [0.2, 0.25) is 0 Å². The summed E-state index contributed by atoms with van der Waals surface area (Å²) in [5.41, 5.74) is 4.42. The fourth-order valence-corrected chi connectivity index (χ4v) is 3.31. The molecule has 18 heavy (non-hydrogen) atoms.